The lowest BCUT2D eigenvalue weighted by Gasteiger charge is -2.33. The second kappa shape index (κ2) is 6.33. The van der Waals surface area contributed by atoms with Crippen molar-refractivity contribution in [2.45, 2.75) is 26.4 Å². The number of hydrogen-bond donors (Lipinski definition) is 1. The van der Waals surface area contributed by atoms with E-state index in [1.165, 1.54) is 0 Å². The second-order valence-electron chi connectivity index (χ2n) is 5.53. The van der Waals surface area contributed by atoms with Gasteiger partial charge in [0.25, 0.3) is 5.69 Å². The molecule has 2 heterocycles. The maximum atomic E-state index is 10.9. The van der Waals surface area contributed by atoms with Gasteiger partial charge in [0.1, 0.15) is 11.9 Å². The first kappa shape index (κ1) is 15.4. The molecule has 8 nitrogen and oxygen atoms in total. The standard InChI is InChI=1S/C15H19N5O3/c1-3-14-16-15(18-17-14)13-9-19(6-7-23-13)11-4-5-12(20(21)22)10(2)8-11/h4-5,8,13H,3,6-7,9H2,1-2H3,(H,16,17,18). The zero-order chi connectivity index (χ0) is 16.4. The number of aryl methyl sites for hydroxylation is 2. The Balaban J connectivity index is 1.78. The summed E-state index contributed by atoms with van der Waals surface area (Å²) >= 11 is 0. The average molecular weight is 317 g/mol. The normalized spacial score (nSPS) is 18.2. The monoisotopic (exact) mass is 317 g/mol. The third kappa shape index (κ3) is 3.16. The zero-order valence-corrected chi connectivity index (χ0v) is 13.2. The molecule has 0 spiro atoms. The SMILES string of the molecule is CCc1nc(C2CN(c3ccc([N+](=O)[O-])c(C)c3)CCO2)n[nH]1. The van der Waals surface area contributed by atoms with Crippen LogP contribution in [0, 0.1) is 17.0 Å². The third-order valence-corrected chi connectivity index (χ3v) is 3.98. The van der Waals surface area contributed by atoms with Crippen molar-refractivity contribution in [2.24, 2.45) is 0 Å². The van der Waals surface area contributed by atoms with E-state index >= 15 is 0 Å². The number of rotatable bonds is 4. The van der Waals surface area contributed by atoms with Gasteiger partial charge in [0.15, 0.2) is 5.82 Å². The number of ether oxygens (including phenoxy) is 1. The summed E-state index contributed by atoms with van der Waals surface area (Å²) in [5.41, 5.74) is 1.74. The lowest BCUT2D eigenvalue weighted by molar-refractivity contribution is -0.385. The van der Waals surface area contributed by atoms with Crippen LogP contribution in [0.2, 0.25) is 0 Å². The molecular formula is C15H19N5O3. The van der Waals surface area contributed by atoms with Crippen LogP contribution in [-0.4, -0.2) is 39.8 Å². The van der Waals surface area contributed by atoms with E-state index in [-0.39, 0.29) is 16.7 Å². The Hall–Kier alpha value is -2.48. The van der Waals surface area contributed by atoms with Gasteiger partial charge in [0.2, 0.25) is 0 Å². The molecule has 122 valence electrons. The van der Waals surface area contributed by atoms with Crippen LogP contribution in [0.4, 0.5) is 11.4 Å². The summed E-state index contributed by atoms with van der Waals surface area (Å²) in [6.45, 7) is 5.69. The van der Waals surface area contributed by atoms with Crippen molar-refractivity contribution in [2.75, 3.05) is 24.6 Å². The second-order valence-corrected chi connectivity index (χ2v) is 5.53. The molecule has 0 aliphatic carbocycles. The van der Waals surface area contributed by atoms with Gasteiger partial charge >= 0.3 is 0 Å². The first-order valence-corrected chi connectivity index (χ1v) is 7.61. The number of aromatic amines is 1. The van der Waals surface area contributed by atoms with Crippen molar-refractivity contribution in [3.8, 4) is 0 Å². The number of aromatic nitrogens is 3. The van der Waals surface area contributed by atoms with Gasteiger partial charge in [0.05, 0.1) is 18.1 Å². The van der Waals surface area contributed by atoms with Gasteiger partial charge in [-0.1, -0.05) is 6.92 Å². The molecule has 1 aliphatic rings. The first-order chi connectivity index (χ1) is 11.1. The number of benzene rings is 1. The lowest BCUT2D eigenvalue weighted by Crippen LogP contribution is -2.38. The maximum absolute atomic E-state index is 10.9. The molecule has 0 saturated carbocycles. The molecule has 1 aliphatic heterocycles. The van der Waals surface area contributed by atoms with Crippen molar-refractivity contribution in [1.82, 2.24) is 15.2 Å². The number of nitro benzene ring substituents is 1. The van der Waals surface area contributed by atoms with Crippen molar-refractivity contribution in [1.29, 1.82) is 0 Å². The molecule has 2 aromatic rings. The first-order valence-electron chi connectivity index (χ1n) is 7.61. The van der Waals surface area contributed by atoms with Gasteiger partial charge < -0.3 is 9.64 Å². The van der Waals surface area contributed by atoms with Crippen LogP contribution in [0.1, 0.15) is 30.2 Å². The Labute approximate surface area is 133 Å². The van der Waals surface area contributed by atoms with Gasteiger partial charge in [-0.2, -0.15) is 5.10 Å². The summed E-state index contributed by atoms with van der Waals surface area (Å²) in [5, 5.41) is 18.0. The molecule has 8 heteroatoms. The fourth-order valence-electron chi connectivity index (χ4n) is 2.69. The number of hydrogen-bond acceptors (Lipinski definition) is 6. The fourth-order valence-corrected chi connectivity index (χ4v) is 2.69. The number of anilines is 1. The molecule has 3 rings (SSSR count). The number of nitro groups is 1. The Morgan fingerprint density at radius 2 is 2.35 bits per heavy atom. The molecule has 1 fully saturated rings. The van der Waals surface area contributed by atoms with Gasteiger partial charge in [-0.25, -0.2) is 4.98 Å². The predicted molar refractivity (Wildman–Crippen MR) is 84.5 cm³/mol. The van der Waals surface area contributed by atoms with E-state index in [1.54, 1.807) is 19.1 Å². The maximum Gasteiger partial charge on any atom is 0.272 e. The topological polar surface area (TPSA) is 97.2 Å². The molecule has 0 bridgehead atoms. The minimum atomic E-state index is -0.360. The van der Waals surface area contributed by atoms with Gasteiger partial charge in [-0.15, -0.1) is 0 Å². The molecule has 0 amide bonds. The minimum absolute atomic E-state index is 0.139. The Morgan fingerprint density at radius 3 is 3.00 bits per heavy atom. The van der Waals surface area contributed by atoms with E-state index in [1.807, 2.05) is 13.0 Å². The fraction of sp³-hybridized carbons (Fsp3) is 0.467. The van der Waals surface area contributed by atoms with E-state index < -0.39 is 0 Å². The number of nitrogens with zero attached hydrogens (tertiary/aromatic N) is 4. The van der Waals surface area contributed by atoms with Gasteiger partial charge in [0, 0.05) is 30.3 Å². The minimum Gasteiger partial charge on any atom is -0.366 e. The van der Waals surface area contributed by atoms with Crippen molar-refractivity contribution in [3.63, 3.8) is 0 Å². The molecule has 0 radical (unpaired) electrons. The van der Waals surface area contributed by atoms with Crippen LogP contribution in [0.25, 0.3) is 0 Å². The molecule has 1 N–H and O–H groups in total. The van der Waals surface area contributed by atoms with Crippen LogP contribution in [-0.2, 0) is 11.2 Å². The zero-order valence-electron chi connectivity index (χ0n) is 13.2. The molecule has 1 aromatic carbocycles. The highest BCUT2D eigenvalue weighted by molar-refractivity contribution is 5.55. The van der Waals surface area contributed by atoms with Gasteiger partial charge in [-0.3, -0.25) is 15.2 Å². The van der Waals surface area contributed by atoms with Gasteiger partial charge in [-0.05, 0) is 19.1 Å². The highest BCUT2D eigenvalue weighted by Gasteiger charge is 2.26. The van der Waals surface area contributed by atoms with E-state index in [9.17, 15) is 10.1 Å². The summed E-state index contributed by atoms with van der Waals surface area (Å²) in [6, 6.07) is 5.18. The predicted octanol–water partition coefficient (Wildman–Crippen LogP) is 2.16. The summed E-state index contributed by atoms with van der Waals surface area (Å²) in [7, 11) is 0. The quantitative estimate of drug-likeness (QED) is 0.685. The molecular weight excluding hydrogens is 298 g/mol. The largest absolute Gasteiger partial charge is 0.366 e. The molecule has 1 saturated heterocycles. The average Bonchev–Trinajstić information content (AvgIpc) is 3.03. The van der Waals surface area contributed by atoms with E-state index in [0.717, 1.165) is 24.5 Å². The smallest absolute Gasteiger partial charge is 0.272 e. The van der Waals surface area contributed by atoms with E-state index in [0.29, 0.717) is 24.5 Å². The van der Waals surface area contributed by atoms with Crippen LogP contribution < -0.4 is 4.90 Å². The highest BCUT2D eigenvalue weighted by atomic mass is 16.6. The molecule has 1 aromatic heterocycles. The van der Waals surface area contributed by atoms with Crippen LogP contribution in [0.15, 0.2) is 18.2 Å². The Bertz CT molecular complexity index is 715. The summed E-state index contributed by atoms with van der Waals surface area (Å²) in [4.78, 5) is 17.1. The number of morpholine rings is 1. The number of H-pyrrole nitrogens is 1. The Morgan fingerprint density at radius 1 is 1.52 bits per heavy atom. The van der Waals surface area contributed by atoms with E-state index in [2.05, 4.69) is 20.1 Å². The third-order valence-electron chi connectivity index (χ3n) is 3.98. The molecule has 1 atom stereocenters. The molecule has 1 unspecified atom stereocenters. The van der Waals surface area contributed by atoms with Crippen molar-refractivity contribution < 1.29 is 9.66 Å². The summed E-state index contributed by atoms with van der Waals surface area (Å²) in [6.07, 6.45) is 0.598. The number of nitrogens with one attached hydrogen (secondary N) is 1. The lowest BCUT2D eigenvalue weighted by atomic mass is 10.1. The van der Waals surface area contributed by atoms with Crippen molar-refractivity contribution >= 4 is 11.4 Å². The Kier molecular flexibility index (Phi) is 4.24. The summed E-state index contributed by atoms with van der Waals surface area (Å²) < 4.78 is 5.77. The van der Waals surface area contributed by atoms with E-state index in [4.69, 9.17) is 4.74 Å². The van der Waals surface area contributed by atoms with Crippen LogP contribution >= 0.6 is 0 Å². The highest BCUT2D eigenvalue weighted by Crippen LogP contribution is 2.28. The summed E-state index contributed by atoms with van der Waals surface area (Å²) in [5.74, 6) is 1.50. The van der Waals surface area contributed by atoms with Crippen molar-refractivity contribution in [3.05, 3.63) is 45.5 Å². The molecule has 23 heavy (non-hydrogen) atoms. The van der Waals surface area contributed by atoms with Crippen LogP contribution in [0.5, 0.6) is 0 Å². The van der Waals surface area contributed by atoms with Crippen LogP contribution in [0.3, 0.4) is 0 Å².